The Hall–Kier alpha value is 0. The van der Waals surface area contributed by atoms with E-state index in [1.807, 2.05) is 0 Å². The van der Waals surface area contributed by atoms with Crippen molar-refractivity contribution in [2.24, 2.45) is 43.3 Å². The van der Waals surface area contributed by atoms with Crippen LogP contribution in [-0.4, -0.2) is 0 Å². The van der Waals surface area contributed by atoms with Gasteiger partial charge in [-0.25, -0.2) is 0 Å². The second-order valence-electron chi connectivity index (χ2n) is 24.6. The number of hydrogen-bond acceptors (Lipinski definition) is 0. The summed E-state index contributed by atoms with van der Waals surface area (Å²) in [7, 11) is 0. The molecule has 0 aromatic rings. The van der Waals surface area contributed by atoms with Crippen molar-refractivity contribution in [2.45, 2.75) is 256 Å². The third-order valence-corrected chi connectivity index (χ3v) is 7.94. The molecule has 0 aromatic carbocycles. The van der Waals surface area contributed by atoms with Crippen molar-refractivity contribution in [3.05, 3.63) is 0 Å². The molecule has 0 bridgehead atoms. The second-order valence-corrected chi connectivity index (χ2v) is 24.6. The minimum atomic E-state index is 0.507. The Morgan fingerprint density at radius 1 is 0.152 bits per heavy atom. The molecule has 0 saturated carbocycles. The summed E-state index contributed by atoms with van der Waals surface area (Å²) in [5.74, 6) is 0. The average Bonchev–Trinajstić information content (AvgIpc) is 2.71. The Bertz CT molecular complexity index is 602. The smallest absolute Gasteiger partial charge is 0.0382 e. The van der Waals surface area contributed by atoms with E-state index < -0.39 is 0 Å². The van der Waals surface area contributed by atoms with Crippen molar-refractivity contribution in [3.8, 4) is 0 Å². The van der Waals surface area contributed by atoms with E-state index in [1.165, 1.54) is 89.9 Å². The zero-order valence-corrected chi connectivity index (χ0v) is 37.9. The highest BCUT2D eigenvalue weighted by molar-refractivity contribution is 4.69. The van der Waals surface area contributed by atoms with Gasteiger partial charge in [0, 0.05) is 0 Å². The molecule has 0 fully saturated rings. The summed E-state index contributed by atoms with van der Waals surface area (Å²) in [5, 5.41) is 0. The van der Waals surface area contributed by atoms with Crippen LogP contribution in [0.3, 0.4) is 0 Å². The highest BCUT2D eigenvalue weighted by atomic mass is 14.2. The maximum Gasteiger partial charge on any atom is -0.0382 e. The Kier molecular flexibility index (Phi) is 26.0. The summed E-state index contributed by atoms with van der Waals surface area (Å²) >= 11 is 0. The van der Waals surface area contributed by atoms with E-state index in [0.29, 0.717) is 43.3 Å². The first-order chi connectivity index (χ1) is 19.8. The molecule has 0 N–H and O–H groups in total. The summed E-state index contributed by atoms with van der Waals surface area (Å²) in [6.07, 6.45) is 19.2. The molecule has 0 aliphatic rings. The third-order valence-electron chi connectivity index (χ3n) is 7.94. The van der Waals surface area contributed by atoms with Gasteiger partial charge in [-0.3, -0.25) is 0 Å². The molecule has 0 amide bonds. The standard InChI is InChI=1S/C13H28.C12H26.C11H24.C10H22/c1-12(2,3)10-8-7-9-11-13(4,5)6;1-11(2,3)9-7-8-10-12(4,5)6;1-10(2,3)8-7-9-11(4,5)6;1-9(2,3)7-8-10(4,5)6/h7-11H2,1-6H3;7-10H2,1-6H3;7-9H2,1-6H3;7-8H2,1-6H3. The lowest BCUT2D eigenvalue weighted by Crippen LogP contribution is -2.12. The maximum atomic E-state index is 2.33. The minimum Gasteiger partial charge on any atom is -0.0602 e. The normalized spacial score (nSPS) is 13.6. The summed E-state index contributed by atoms with van der Waals surface area (Å²) in [6.45, 7) is 55.6. The summed E-state index contributed by atoms with van der Waals surface area (Å²) in [6, 6.07) is 0. The Morgan fingerprint density at radius 3 is 0.435 bits per heavy atom. The first kappa shape index (κ1) is 52.8. The minimum absolute atomic E-state index is 0.507. The Labute approximate surface area is 298 Å². The van der Waals surface area contributed by atoms with E-state index in [-0.39, 0.29) is 0 Å². The van der Waals surface area contributed by atoms with Gasteiger partial charge in [0.2, 0.25) is 0 Å². The van der Waals surface area contributed by atoms with Crippen LogP contribution >= 0.6 is 0 Å². The van der Waals surface area contributed by atoms with Crippen LogP contribution in [0.4, 0.5) is 0 Å². The molecule has 0 aliphatic carbocycles. The zero-order valence-electron chi connectivity index (χ0n) is 37.9. The fraction of sp³-hybridized carbons (Fsp3) is 1.00. The quantitative estimate of drug-likeness (QED) is 0.206. The van der Waals surface area contributed by atoms with Gasteiger partial charge in [0.05, 0.1) is 0 Å². The predicted molar refractivity (Wildman–Crippen MR) is 220 cm³/mol. The molecule has 0 atom stereocenters. The van der Waals surface area contributed by atoms with Crippen LogP contribution in [0.5, 0.6) is 0 Å². The fourth-order valence-corrected chi connectivity index (χ4v) is 4.70. The van der Waals surface area contributed by atoms with E-state index in [4.69, 9.17) is 0 Å². The van der Waals surface area contributed by atoms with Crippen LogP contribution in [0.1, 0.15) is 256 Å². The first-order valence-electron chi connectivity index (χ1n) is 19.8. The molecule has 0 radical (unpaired) electrons. The molecule has 0 unspecified atom stereocenters. The van der Waals surface area contributed by atoms with Crippen molar-refractivity contribution in [1.82, 2.24) is 0 Å². The highest BCUT2D eigenvalue weighted by Gasteiger charge is 2.17. The Morgan fingerprint density at radius 2 is 0.283 bits per heavy atom. The average molecular weight is 653 g/mol. The molecule has 0 spiro atoms. The van der Waals surface area contributed by atoms with Crippen LogP contribution < -0.4 is 0 Å². The van der Waals surface area contributed by atoms with Crippen LogP contribution in [0.25, 0.3) is 0 Å². The summed E-state index contributed by atoms with van der Waals surface area (Å²) < 4.78 is 0. The fourth-order valence-electron chi connectivity index (χ4n) is 4.70. The molecule has 0 saturated heterocycles. The molecule has 46 heavy (non-hydrogen) atoms. The molecule has 0 heteroatoms. The molecule has 0 nitrogen and oxygen atoms in total. The predicted octanol–water partition coefficient (Wildman–Crippen LogP) is 17.8. The molecular weight excluding hydrogens is 553 g/mol. The topological polar surface area (TPSA) is 0 Å². The molecule has 0 rings (SSSR count). The molecule has 0 aliphatic heterocycles. The van der Waals surface area contributed by atoms with Crippen LogP contribution in [0.2, 0.25) is 0 Å². The largest absolute Gasteiger partial charge is 0.0602 e. The summed E-state index contributed by atoms with van der Waals surface area (Å²) in [4.78, 5) is 0. The monoisotopic (exact) mass is 653 g/mol. The van der Waals surface area contributed by atoms with E-state index in [0.717, 1.165) is 0 Å². The van der Waals surface area contributed by atoms with Gasteiger partial charge in [-0.05, 0) is 94.7 Å². The van der Waals surface area contributed by atoms with E-state index in [2.05, 4.69) is 166 Å². The van der Waals surface area contributed by atoms with Crippen LogP contribution in [0, 0.1) is 43.3 Å². The van der Waals surface area contributed by atoms with E-state index in [9.17, 15) is 0 Å². The number of rotatable bonds is 10. The van der Waals surface area contributed by atoms with Crippen molar-refractivity contribution in [3.63, 3.8) is 0 Å². The molecular formula is C46H100. The van der Waals surface area contributed by atoms with Gasteiger partial charge < -0.3 is 0 Å². The van der Waals surface area contributed by atoms with Crippen molar-refractivity contribution < 1.29 is 0 Å². The van der Waals surface area contributed by atoms with Crippen molar-refractivity contribution in [1.29, 1.82) is 0 Å². The SMILES string of the molecule is CC(C)(C)CCC(C)(C)C.CC(C)(C)CCCC(C)(C)C.CC(C)(C)CCCCC(C)(C)C.CC(C)(C)CCCCCC(C)(C)C. The molecule has 0 aromatic heterocycles. The number of hydrogen-bond donors (Lipinski definition) is 0. The van der Waals surface area contributed by atoms with E-state index >= 15 is 0 Å². The van der Waals surface area contributed by atoms with Gasteiger partial charge >= 0.3 is 0 Å². The van der Waals surface area contributed by atoms with Gasteiger partial charge in [-0.2, -0.15) is 0 Å². The van der Waals surface area contributed by atoms with Gasteiger partial charge in [0.1, 0.15) is 0 Å². The van der Waals surface area contributed by atoms with Crippen LogP contribution in [-0.2, 0) is 0 Å². The lowest BCUT2D eigenvalue weighted by Gasteiger charge is -2.24. The molecule has 284 valence electrons. The van der Waals surface area contributed by atoms with Gasteiger partial charge in [0.25, 0.3) is 0 Å². The number of unbranched alkanes of at least 4 members (excludes halogenated alkanes) is 3. The van der Waals surface area contributed by atoms with Crippen molar-refractivity contribution >= 4 is 0 Å². The second kappa shape index (κ2) is 22.7. The van der Waals surface area contributed by atoms with E-state index in [1.54, 1.807) is 0 Å². The summed E-state index contributed by atoms with van der Waals surface area (Å²) in [5.41, 5.74) is 4.16. The first-order valence-corrected chi connectivity index (χ1v) is 19.8. The lowest BCUT2D eigenvalue weighted by molar-refractivity contribution is 0.275. The zero-order chi connectivity index (χ0) is 37.9. The highest BCUT2D eigenvalue weighted by Crippen LogP contribution is 2.30. The lowest BCUT2D eigenvalue weighted by atomic mass is 9.81. The van der Waals surface area contributed by atoms with Gasteiger partial charge in [-0.15, -0.1) is 0 Å². The third kappa shape index (κ3) is 70.4. The maximum absolute atomic E-state index is 2.33. The van der Waals surface area contributed by atoms with Gasteiger partial charge in [-0.1, -0.05) is 205 Å². The van der Waals surface area contributed by atoms with Crippen molar-refractivity contribution in [2.75, 3.05) is 0 Å². The van der Waals surface area contributed by atoms with Gasteiger partial charge in [0.15, 0.2) is 0 Å². The van der Waals surface area contributed by atoms with Crippen LogP contribution in [0.15, 0.2) is 0 Å². The Balaban J connectivity index is -0.000000257. The molecule has 0 heterocycles.